The molecule has 0 spiro atoms. The van der Waals surface area contributed by atoms with E-state index in [2.05, 4.69) is 0 Å². The number of aryl methyl sites for hydroxylation is 1. The van der Waals surface area contributed by atoms with Gasteiger partial charge in [-0.05, 0) is 24.1 Å². The highest BCUT2D eigenvalue weighted by Gasteiger charge is 2.05. The van der Waals surface area contributed by atoms with Crippen LogP contribution in [0.25, 0.3) is 0 Å². The Labute approximate surface area is 78.0 Å². The lowest BCUT2D eigenvalue weighted by Crippen LogP contribution is -1.99. The molecule has 1 radical (unpaired) electrons. The maximum absolute atomic E-state index is 8.87. The number of hydrogen-bond acceptors (Lipinski definition) is 1. The van der Waals surface area contributed by atoms with Crippen LogP contribution >= 0.6 is 11.6 Å². The van der Waals surface area contributed by atoms with E-state index in [1.165, 1.54) is 0 Å². The molecule has 0 aliphatic heterocycles. The molecule has 0 unspecified atom stereocenters. The van der Waals surface area contributed by atoms with Crippen LogP contribution < -0.4 is 0 Å². The lowest BCUT2D eigenvalue weighted by Gasteiger charge is -2.08. The first-order valence-electron chi connectivity index (χ1n) is 3.85. The largest absolute Gasteiger partial charge is 0.395 e. The topological polar surface area (TPSA) is 20.2 Å². The van der Waals surface area contributed by atoms with Crippen LogP contribution in [0.4, 0.5) is 0 Å². The molecule has 0 atom stereocenters. The van der Waals surface area contributed by atoms with Gasteiger partial charge in [-0.15, -0.1) is 0 Å². The summed E-state index contributed by atoms with van der Waals surface area (Å²) in [5.41, 5.74) is 2.07. The van der Waals surface area contributed by atoms with Crippen LogP contribution in [0.1, 0.15) is 18.1 Å². The summed E-state index contributed by atoms with van der Waals surface area (Å²) in [4.78, 5) is 0. The summed E-state index contributed by atoms with van der Waals surface area (Å²) >= 11 is 5.92. The average molecular weight is 184 g/mol. The normalized spacial score (nSPS) is 10.8. The molecule has 0 bridgehead atoms. The first-order valence-corrected chi connectivity index (χ1v) is 4.22. The standard InChI is InChI=1S/C10H12ClO/c1-7-3-4-9(5-10(7)11)8(2)6-12/h3-5,12H,6H2,1-2H3. The van der Waals surface area contributed by atoms with Crippen molar-refractivity contribution in [1.82, 2.24) is 0 Å². The van der Waals surface area contributed by atoms with Gasteiger partial charge >= 0.3 is 0 Å². The molecule has 1 aromatic carbocycles. The van der Waals surface area contributed by atoms with Crippen molar-refractivity contribution in [3.8, 4) is 0 Å². The van der Waals surface area contributed by atoms with Crippen molar-refractivity contribution in [1.29, 1.82) is 0 Å². The van der Waals surface area contributed by atoms with Crippen LogP contribution in [0.15, 0.2) is 18.2 Å². The predicted molar refractivity (Wildman–Crippen MR) is 51.3 cm³/mol. The second-order valence-electron chi connectivity index (χ2n) is 2.90. The summed E-state index contributed by atoms with van der Waals surface area (Å²) in [5.74, 6) is 0.942. The van der Waals surface area contributed by atoms with Gasteiger partial charge in [-0.1, -0.05) is 30.7 Å². The van der Waals surface area contributed by atoms with Gasteiger partial charge in [-0.3, -0.25) is 0 Å². The van der Waals surface area contributed by atoms with E-state index in [9.17, 15) is 0 Å². The third kappa shape index (κ3) is 1.99. The van der Waals surface area contributed by atoms with Crippen molar-refractivity contribution < 1.29 is 5.11 Å². The number of halogens is 1. The molecule has 12 heavy (non-hydrogen) atoms. The Balaban J connectivity index is 2.96. The number of benzene rings is 1. The summed E-state index contributed by atoms with van der Waals surface area (Å²) in [6, 6.07) is 5.80. The Kier molecular flexibility index (Phi) is 3.12. The lowest BCUT2D eigenvalue weighted by molar-refractivity contribution is 0.315. The minimum absolute atomic E-state index is 0.0827. The predicted octanol–water partition coefficient (Wildman–Crippen LogP) is 2.58. The van der Waals surface area contributed by atoms with Gasteiger partial charge in [0.25, 0.3) is 0 Å². The Morgan fingerprint density at radius 2 is 2.17 bits per heavy atom. The van der Waals surface area contributed by atoms with Gasteiger partial charge in [0.05, 0.1) is 6.61 Å². The zero-order chi connectivity index (χ0) is 9.14. The van der Waals surface area contributed by atoms with E-state index in [1.54, 1.807) is 0 Å². The van der Waals surface area contributed by atoms with Crippen molar-refractivity contribution in [3.63, 3.8) is 0 Å². The maximum Gasteiger partial charge on any atom is 0.0534 e. The fraction of sp³-hybridized carbons (Fsp3) is 0.300. The molecule has 65 valence electrons. The van der Waals surface area contributed by atoms with E-state index in [0.717, 1.165) is 22.1 Å². The maximum atomic E-state index is 8.87. The van der Waals surface area contributed by atoms with Gasteiger partial charge in [0.15, 0.2) is 0 Å². The zero-order valence-corrected chi connectivity index (χ0v) is 8.02. The van der Waals surface area contributed by atoms with Crippen LogP contribution in [0.2, 0.25) is 5.02 Å². The van der Waals surface area contributed by atoms with Crippen molar-refractivity contribution in [3.05, 3.63) is 40.3 Å². The second-order valence-corrected chi connectivity index (χ2v) is 3.31. The van der Waals surface area contributed by atoms with Gasteiger partial charge in [0.1, 0.15) is 0 Å². The Morgan fingerprint density at radius 3 is 2.67 bits per heavy atom. The minimum Gasteiger partial charge on any atom is -0.395 e. The fourth-order valence-electron chi connectivity index (χ4n) is 0.950. The highest BCUT2D eigenvalue weighted by atomic mass is 35.5. The molecule has 0 aromatic heterocycles. The average Bonchev–Trinajstić information content (AvgIpc) is 2.08. The van der Waals surface area contributed by atoms with E-state index < -0.39 is 0 Å². The van der Waals surface area contributed by atoms with Crippen molar-refractivity contribution in [2.24, 2.45) is 0 Å². The quantitative estimate of drug-likeness (QED) is 0.748. The van der Waals surface area contributed by atoms with E-state index in [0.29, 0.717) is 0 Å². The summed E-state index contributed by atoms with van der Waals surface area (Å²) in [7, 11) is 0. The highest BCUT2D eigenvalue weighted by molar-refractivity contribution is 6.31. The van der Waals surface area contributed by atoms with Gasteiger partial charge < -0.3 is 5.11 Å². The first-order chi connectivity index (χ1) is 5.65. The number of rotatable bonds is 2. The van der Waals surface area contributed by atoms with E-state index in [4.69, 9.17) is 16.7 Å². The molecule has 1 aromatic rings. The zero-order valence-electron chi connectivity index (χ0n) is 7.26. The molecular weight excluding hydrogens is 172 g/mol. The molecule has 0 saturated carbocycles. The van der Waals surface area contributed by atoms with E-state index in [-0.39, 0.29) is 6.61 Å². The molecule has 1 rings (SSSR count). The third-order valence-electron chi connectivity index (χ3n) is 1.90. The summed E-state index contributed by atoms with van der Waals surface area (Å²) in [6.45, 7) is 3.93. The molecule has 2 heteroatoms. The summed E-state index contributed by atoms with van der Waals surface area (Å²) < 4.78 is 0. The molecule has 0 aliphatic rings. The van der Waals surface area contributed by atoms with Crippen molar-refractivity contribution in [2.75, 3.05) is 6.61 Å². The minimum atomic E-state index is 0.0827. The van der Waals surface area contributed by atoms with E-state index >= 15 is 0 Å². The van der Waals surface area contributed by atoms with Crippen LogP contribution in [0.5, 0.6) is 0 Å². The van der Waals surface area contributed by atoms with Gasteiger partial charge in [0, 0.05) is 10.9 Å². The molecule has 0 aliphatic carbocycles. The molecule has 0 saturated heterocycles. The van der Waals surface area contributed by atoms with Crippen LogP contribution in [0, 0.1) is 12.8 Å². The Bertz CT molecular complexity index is 271. The second kappa shape index (κ2) is 3.92. The fourth-order valence-corrected chi connectivity index (χ4v) is 1.13. The van der Waals surface area contributed by atoms with E-state index in [1.807, 2.05) is 32.0 Å². The number of aliphatic hydroxyl groups excluding tert-OH is 1. The molecule has 0 heterocycles. The third-order valence-corrected chi connectivity index (χ3v) is 2.31. The van der Waals surface area contributed by atoms with Gasteiger partial charge in [0.2, 0.25) is 0 Å². The monoisotopic (exact) mass is 183 g/mol. The van der Waals surface area contributed by atoms with Crippen molar-refractivity contribution >= 4 is 11.6 Å². The highest BCUT2D eigenvalue weighted by Crippen LogP contribution is 2.21. The molecule has 0 amide bonds. The van der Waals surface area contributed by atoms with Crippen molar-refractivity contribution in [2.45, 2.75) is 13.8 Å². The van der Waals surface area contributed by atoms with Crippen LogP contribution in [0.3, 0.4) is 0 Å². The SMILES string of the molecule is C[C](CO)c1ccc(C)c(Cl)c1. The number of hydrogen-bond donors (Lipinski definition) is 1. The Morgan fingerprint density at radius 1 is 1.50 bits per heavy atom. The van der Waals surface area contributed by atoms with Gasteiger partial charge in [-0.2, -0.15) is 0 Å². The molecular formula is C10H12ClO. The summed E-state index contributed by atoms with van der Waals surface area (Å²) in [5, 5.41) is 9.62. The molecule has 1 N–H and O–H groups in total. The van der Waals surface area contributed by atoms with Crippen LogP contribution in [-0.4, -0.2) is 11.7 Å². The van der Waals surface area contributed by atoms with Crippen LogP contribution in [-0.2, 0) is 0 Å². The smallest absolute Gasteiger partial charge is 0.0534 e. The first kappa shape index (κ1) is 9.56. The summed E-state index contributed by atoms with van der Waals surface area (Å²) in [6.07, 6.45) is 0. The van der Waals surface area contributed by atoms with Gasteiger partial charge in [-0.25, -0.2) is 0 Å². The molecule has 0 fully saturated rings. The number of aliphatic hydroxyl groups is 1. The lowest BCUT2D eigenvalue weighted by atomic mass is 10.0. The molecule has 1 nitrogen and oxygen atoms in total. The Hall–Kier alpha value is -0.530.